The number of carboxylic acids is 1. The molecule has 0 atom stereocenters. The summed E-state index contributed by atoms with van der Waals surface area (Å²) < 4.78 is 39.1. The standard InChI is InChI=1S/C18H12F3NO3S/c1-26-15-5-3-2-4-13(15)22-14(9-16(23)24)12-8-10(18(19,20)21)6-7-11(12)17(22)25/h2-9H,1H3,(H,23,24)/b14-9+. The van der Waals surface area contributed by atoms with Gasteiger partial charge in [0.2, 0.25) is 0 Å². The number of thioether (sulfide) groups is 1. The van der Waals surface area contributed by atoms with E-state index in [2.05, 4.69) is 0 Å². The number of anilines is 1. The van der Waals surface area contributed by atoms with Gasteiger partial charge in [0.25, 0.3) is 5.91 Å². The van der Waals surface area contributed by atoms with Gasteiger partial charge in [0, 0.05) is 22.1 Å². The first-order valence-electron chi connectivity index (χ1n) is 7.37. The lowest BCUT2D eigenvalue weighted by Gasteiger charge is -2.20. The molecule has 1 heterocycles. The normalized spacial score (nSPS) is 15.5. The van der Waals surface area contributed by atoms with Gasteiger partial charge in [-0.15, -0.1) is 11.8 Å². The second kappa shape index (κ2) is 6.53. The van der Waals surface area contributed by atoms with Crippen LogP contribution in [-0.2, 0) is 11.0 Å². The Labute approximate surface area is 150 Å². The zero-order chi connectivity index (χ0) is 19.1. The summed E-state index contributed by atoms with van der Waals surface area (Å²) >= 11 is 1.34. The second-order valence-corrected chi connectivity index (χ2v) is 6.29. The van der Waals surface area contributed by atoms with Crippen molar-refractivity contribution in [2.45, 2.75) is 11.1 Å². The third-order valence-corrected chi connectivity index (χ3v) is 4.67. The van der Waals surface area contributed by atoms with E-state index in [0.29, 0.717) is 10.6 Å². The van der Waals surface area contributed by atoms with Gasteiger partial charge in [-0.3, -0.25) is 9.69 Å². The molecule has 0 aliphatic carbocycles. The Bertz CT molecular complexity index is 938. The van der Waals surface area contributed by atoms with Crippen LogP contribution in [-0.4, -0.2) is 23.2 Å². The van der Waals surface area contributed by atoms with E-state index in [1.807, 2.05) is 0 Å². The lowest BCUT2D eigenvalue weighted by Crippen LogP contribution is -2.23. The number of halogens is 3. The van der Waals surface area contributed by atoms with Crippen LogP contribution in [0.25, 0.3) is 5.70 Å². The van der Waals surface area contributed by atoms with E-state index >= 15 is 0 Å². The maximum Gasteiger partial charge on any atom is 0.416 e. The lowest BCUT2D eigenvalue weighted by atomic mass is 10.0. The van der Waals surface area contributed by atoms with Gasteiger partial charge in [-0.2, -0.15) is 13.2 Å². The number of hydrogen-bond donors (Lipinski definition) is 1. The monoisotopic (exact) mass is 379 g/mol. The number of hydrogen-bond acceptors (Lipinski definition) is 3. The van der Waals surface area contributed by atoms with Crippen molar-refractivity contribution < 1.29 is 27.9 Å². The summed E-state index contributed by atoms with van der Waals surface area (Å²) in [5.41, 5.74) is -0.641. The minimum atomic E-state index is -4.60. The van der Waals surface area contributed by atoms with E-state index in [9.17, 15) is 22.8 Å². The van der Waals surface area contributed by atoms with Crippen molar-refractivity contribution in [1.82, 2.24) is 0 Å². The minimum Gasteiger partial charge on any atom is -0.478 e. The van der Waals surface area contributed by atoms with Crippen LogP contribution in [0.3, 0.4) is 0 Å². The van der Waals surface area contributed by atoms with Crippen LogP contribution in [0.5, 0.6) is 0 Å². The molecule has 1 aliphatic heterocycles. The van der Waals surface area contributed by atoms with Crippen molar-refractivity contribution in [3.63, 3.8) is 0 Å². The SMILES string of the molecule is CSc1ccccc1N1C(=O)c2ccc(C(F)(F)F)cc2/C1=C\C(=O)O. The molecular formula is C18H12F3NO3S. The van der Waals surface area contributed by atoms with Gasteiger partial charge < -0.3 is 5.11 Å². The topological polar surface area (TPSA) is 57.6 Å². The molecule has 1 aliphatic rings. The Morgan fingerprint density at radius 2 is 1.85 bits per heavy atom. The summed E-state index contributed by atoms with van der Waals surface area (Å²) in [4.78, 5) is 25.9. The number of para-hydroxylation sites is 1. The van der Waals surface area contributed by atoms with E-state index in [1.54, 1.807) is 30.5 Å². The van der Waals surface area contributed by atoms with Crippen molar-refractivity contribution >= 4 is 35.0 Å². The molecule has 0 bridgehead atoms. The number of alkyl halides is 3. The van der Waals surface area contributed by atoms with E-state index in [4.69, 9.17) is 5.11 Å². The molecule has 0 unspecified atom stereocenters. The molecule has 0 fully saturated rings. The highest BCUT2D eigenvalue weighted by molar-refractivity contribution is 7.98. The fourth-order valence-electron chi connectivity index (χ4n) is 2.78. The maximum absolute atomic E-state index is 13.0. The molecule has 4 nitrogen and oxygen atoms in total. The zero-order valence-corrected chi connectivity index (χ0v) is 14.2. The highest BCUT2D eigenvalue weighted by atomic mass is 32.2. The minimum absolute atomic E-state index is 0.0291. The predicted octanol–water partition coefficient (Wildman–Crippen LogP) is 4.51. The first-order valence-corrected chi connectivity index (χ1v) is 8.60. The van der Waals surface area contributed by atoms with Crippen LogP contribution >= 0.6 is 11.8 Å². The summed E-state index contributed by atoms with van der Waals surface area (Å²) in [6.07, 6.45) is -2.06. The maximum atomic E-state index is 13.0. The summed E-state index contributed by atoms with van der Waals surface area (Å²) in [6, 6.07) is 9.50. The van der Waals surface area contributed by atoms with E-state index in [-0.39, 0.29) is 16.8 Å². The average molecular weight is 379 g/mol. The van der Waals surface area contributed by atoms with Crippen molar-refractivity contribution in [1.29, 1.82) is 0 Å². The molecule has 0 aromatic heterocycles. The fraction of sp³-hybridized carbons (Fsp3) is 0.111. The number of aliphatic carboxylic acids is 1. The van der Waals surface area contributed by atoms with Crippen molar-refractivity contribution in [2.75, 3.05) is 11.2 Å². The van der Waals surface area contributed by atoms with Crippen LogP contribution < -0.4 is 4.90 Å². The number of carboxylic acid groups (broad SMARTS) is 1. The molecule has 1 N–H and O–H groups in total. The number of carbonyl (C=O) groups is 2. The smallest absolute Gasteiger partial charge is 0.416 e. The third kappa shape index (κ3) is 3.08. The van der Waals surface area contributed by atoms with Crippen LogP contribution in [0.15, 0.2) is 53.4 Å². The van der Waals surface area contributed by atoms with Crippen LogP contribution in [0.2, 0.25) is 0 Å². The molecule has 0 saturated carbocycles. The second-order valence-electron chi connectivity index (χ2n) is 5.44. The molecule has 2 aromatic carbocycles. The van der Waals surface area contributed by atoms with Gasteiger partial charge in [-0.25, -0.2) is 4.79 Å². The van der Waals surface area contributed by atoms with E-state index in [1.165, 1.54) is 11.8 Å². The number of benzene rings is 2. The van der Waals surface area contributed by atoms with Gasteiger partial charge in [-0.1, -0.05) is 12.1 Å². The highest BCUT2D eigenvalue weighted by Gasteiger charge is 2.38. The van der Waals surface area contributed by atoms with Crippen molar-refractivity contribution in [2.24, 2.45) is 0 Å². The van der Waals surface area contributed by atoms with Crippen LogP contribution in [0, 0.1) is 0 Å². The quantitative estimate of drug-likeness (QED) is 0.630. The largest absolute Gasteiger partial charge is 0.478 e. The Morgan fingerprint density at radius 1 is 1.15 bits per heavy atom. The van der Waals surface area contributed by atoms with Gasteiger partial charge in [0.05, 0.1) is 16.9 Å². The Morgan fingerprint density at radius 3 is 2.46 bits per heavy atom. The molecule has 0 radical (unpaired) electrons. The molecule has 8 heteroatoms. The van der Waals surface area contributed by atoms with Gasteiger partial charge in [0.1, 0.15) is 0 Å². The molecule has 1 amide bonds. The number of rotatable bonds is 3. The molecule has 3 rings (SSSR count). The van der Waals surface area contributed by atoms with Gasteiger partial charge in [0.15, 0.2) is 0 Å². The molecular weight excluding hydrogens is 367 g/mol. The number of fused-ring (bicyclic) bond motifs is 1. The van der Waals surface area contributed by atoms with Crippen LogP contribution in [0.1, 0.15) is 21.5 Å². The first-order chi connectivity index (χ1) is 12.2. The van der Waals surface area contributed by atoms with E-state index < -0.39 is 23.6 Å². The number of nitrogens with zero attached hydrogens (tertiary/aromatic N) is 1. The fourth-order valence-corrected chi connectivity index (χ4v) is 3.37. The van der Waals surface area contributed by atoms with Crippen molar-refractivity contribution in [3.8, 4) is 0 Å². The first kappa shape index (κ1) is 18.1. The van der Waals surface area contributed by atoms with Crippen LogP contribution in [0.4, 0.5) is 18.9 Å². The van der Waals surface area contributed by atoms with Crippen molar-refractivity contribution in [3.05, 3.63) is 65.2 Å². The Balaban J connectivity index is 2.24. The average Bonchev–Trinajstić information content (AvgIpc) is 2.85. The zero-order valence-electron chi connectivity index (χ0n) is 13.4. The summed E-state index contributed by atoms with van der Waals surface area (Å²) in [5, 5.41) is 9.16. The highest BCUT2D eigenvalue weighted by Crippen LogP contribution is 2.42. The lowest BCUT2D eigenvalue weighted by molar-refractivity contribution is -0.137. The molecule has 0 saturated heterocycles. The predicted molar refractivity (Wildman–Crippen MR) is 92.1 cm³/mol. The number of amides is 1. The summed E-state index contributed by atoms with van der Waals surface area (Å²) in [7, 11) is 0. The Hall–Kier alpha value is -2.74. The molecule has 0 spiro atoms. The molecule has 26 heavy (non-hydrogen) atoms. The molecule has 134 valence electrons. The Kier molecular flexibility index (Phi) is 4.53. The van der Waals surface area contributed by atoms with Gasteiger partial charge in [-0.05, 0) is 36.6 Å². The number of carbonyl (C=O) groups excluding carboxylic acids is 1. The van der Waals surface area contributed by atoms with Gasteiger partial charge >= 0.3 is 12.1 Å². The van der Waals surface area contributed by atoms with E-state index in [0.717, 1.165) is 29.2 Å². The summed E-state index contributed by atoms with van der Waals surface area (Å²) in [5.74, 6) is -1.92. The molecule has 2 aromatic rings. The third-order valence-electron chi connectivity index (χ3n) is 3.88. The summed E-state index contributed by atoms with van der Waals surface area (Å²) in [6.45, 7) is 0.